The first-order chi connectivity index (χ1) is 7.33. The first-order valence-corrected chi connectivity index (χ1v) is 6.63. The fourth-order valence-electron chi connectivity index (χ4n) is 1.75. The van der Waals surface area contributed by atoms with Gasteiger partial charge in [0, 0.05) is 19.7 Å². The van der Waals surface area contributed by atoms with Crippen LogP contribution in [-0.4, -0.2) is 37.7 Å². The van der Waals surface area contributed by atoms with Crippen LogP contribution in [0.25, 0.3) is 0 Å². The third-order valence-corrected chi connectivity index (χ3v) is 2.77. The molecule has 0 spiro atoms. The maximum atomic E-state index is 5.81. The predicted molar refractivity (Wildman–Crippen MR) is 67.3 cm³/mol. The zero-order chi connectivity index (χ0) is 11.5. The minimum atomic E-state index is 0.549. The molecule has 15 heavy (non-hydrogen) atoms. The number of ether oxygens (including phenoxy) is 1. The zero-order valence-corrected chi connectivity index (χ0v) is 11.1. The summed E-state index contributed by atoms with van der Waals surface area (Å²) in [4.78, 5) is 2.38. The van der Waals surface area contributed by atoms with Crippen molar-refractivity contribution in [1.82, 2.24) is 4.90 Å². The Balaban J connectivity index is 0.000000921. The smallest absolute Gasteiger partial charge is 0.0599 e. The van der Waals surface area contributed by atoms with E-state index in [-0.39, 0.29) is 0 Å². The van der Waals surface area contributed by atoms with E-state index >= 15 is 0 Å². The molecule has 0 saturated carbocycles. The van der Waals surface area contributed by atoms with E-state index in [0.717, 1.165) is 6.61 Å². The Morgan fingerprint density at radius 3 is 2.27 bits per heavy atom. The van der Waals surface area contributed by atoms with Crippen molar-refractivity contribution in [2.45, 2.75) is 59.0 Å². The van der Waals surface area contributed by atoms with Gasteiger partial charge in [0.1, 0.15) is 0 Å². The summed E-state index contributed by atoms with van der Waals surface area (Å²) < 4.78 is 5.81. The molecule has 0 N–H and O–H groups in total. The fraction of sp³-hybridized carbons (Fsp3) is 1.00. The Bertz CT molecular complexity index is 120. The minimum absolute atomic E-state index is 0.549. The van der Waals surface area contributed by atoms with Crippen molar-refractivity contribution in [2.75, 3.05) is 26.7 Å². The van der Waals surface area contributed by atoms with Crippen LogP contribution in [0.2, 0.25) is 0 Å². The summed E-state index contributed by atoms with van der Waals surface area (Å²) in [5.41, 5.74) is 0. The molecule has 2 nitrogen and oxygen atoms in total. The molecule has 1 rings (SSSR count). The van der Waals surface area contributed by atoms with Gasteiger partial charge < -0.3 is 9.64 Å². The Kier molecular flexibility index (Phi) is 10.4. The molecule has 0 atom stereocenters. The summed E-state index contributed by atoms with van der Waals surface area (Å²) in [6, 6.07) is 0. The van der Waals surface area contributed by atoms with Gasteiger partial charge in [0.25, 0.3) is 0 Å². The number of hydrogen-bond acceptors (Lipinski definition) is 2. The minimum Gasteiger partial charge on any atom is -0.378 e. The van der Waals surface area contributed by atoms with Crippen LogP contribution in [0.1, 0.15) is 52.9 Å². The van der Waals surface area contributed by atoms with Crippen molar-refractivity contribution in [3.05, 3.63) is 0 Å². The maximum absolute atomic E-state index is 5.81. The van der Waals surface area contributed by atoms with Gasteiger partial charge in [-0.3, -0.25) is 0 Å². The van der Waals surface area contributed by atoms with Gasteiger partial charge in [-0.2, -0.15) is 0 Å². The number of rotatable bonds is 5. The topological polar surface area (TPSA) is 12.5 Å². The molecule has 1 fully saturated rings. The lowest BCUT2D eigenvalue weighted by atomic mass is 10.1. The third kappa shape index (κ3) is 7.80. The summed E-state index contributed by atoms with van der Waals surface area (Å²) in [5.74, 6) is 0. The molecule has 0 aromatic rings. The summed E-state index contributed by atoms with van der Waals surface area (Å²) in [7, 11) is 2.19. The van der Waals surface area contributed by atoms with Crippen LogP contribution in [0.15, 0.2) is 0 Å². The van der Waals surface area contributed by atoms with Crippen LogP contribution in [0.5, 0.6) is 0 Å². The Morgan fingerprint density at radius 2 is 1.73 bits per heavy atom. The first-order valence-electron chi connectivity index (χ1n) is 6.63. The van der Waals surface area contributed by atoms with Crippen molar-refractivity contribution in [2.24, 2.45) is 0 Å². The molecular weight excluding hydrogens is 186 g/mol. The van der Waals surface area contributed by atoms with Gasteiger partial charge in [-0.25, -0.2) is 0 Å². The van der Waals surface area contributed by atoms with Gasteiger partial charge in [0.05, 0.1) is 6.10 Å². The number of piperidine rings is 1. The van der Waals surface area contributed by atoms with Gasteiger partial charge in [-0.15, -0.1) is 0 Å². The second-order valence-electron chi connectivity index (χ2n) is 4.08. The van der Waals surface area contributed by atoms with E-state index < -0.39 is 0 Å². The van der Waals surface area contributed by atoms with Gasteiger partial charge in [-0.05, 0) is 26.3 Å². The maximum Gasteiger partial charge on any atom is 0.0599 e. The molecule has 0 aromatic carbocycles. The normalized spacial score (nSPS) is 18.4. The fourth-order valence-corrected chi connectivity index (χ4v) is 1.75. The summed E-state index contributed by atoms with van der Waals surface area (Å²) in [5, 5.41) is 0. The monoisotopic (exact) mass is 215 g/mol. The highest BCUT2D eigenvalue weighted by Crippen LogP contribution is 2.12. The Morgan fingerprint density at radius 1 is 1.13 bits per heavy atom. The molecule has 0 bridgehead atoms. The van der Waals surface area contributed by atoms with E-state index in [1.807, 2.05) is 13.8 Å². The van der Waals surface area contributed by atoms with E-state index in [0.29, 0.717) is 6.10 Å². The quantitative estimate of drug-likeness (QED) is 0.652. The molecule has 0 amide bonds. The molecule has 0 unspecified atom stereocenters. The van der Waals surface area contributed by atoms with Gasteiger partial charge in [0.15, 0.2) is 0 Å². The molecule has 92 valence electrons. The van der Waals surface area contributed by atoms with Crippen molar-refractivity contribution in [3.63, 3.8) is 0 Å². The number of hydrogen-bond donors (Lipinski definition) is 0. The zero-order valence-electron chi connectivity index (χ0n) is 11.1. The number of unbranched alkanes of at least 4 members (excludes halogenated alkanes) is 2. The standard InChI is InChI=1S/C11H23NO.C2H6/c1-3-4-5-10-13-11-6-8-12(2)9-7-11;1-2/h11H,3-10H2,1-2H3;1-2H3. The lowest BCUT2D eigenvalue weighted by Gasteiger charge is -2.28. The van der Waals surface area contributed by atoms with Gasteiger partial charge in [-0.1, -0.05) is 33.6 Å². The molecule has 1 aliphatic heterocycles. The average Bonchev–Trinajstić information content (AvgIpc) is 2.30. The molecule has 1 aliphatic rings. The van der Waals surface area contributed by atoms with E-state index in [4.69, 9.17) is 4.74 Å². The van der Waals surface area contributed by atoms with Crippen molar-refractivity contribution in [3.8, 4) is 0 Å². The molecule has 2 heteroatoms. The second kappa shape index (κ2) is 10.4. The molecule has 0 radical (unpaired) electrons. The van der Waals surface area contributed by atoms with Crippen molar-refractivity contribution >= 4 is 0 Å². The van der Waals surface area contributed by atoms with Crippen LogP contribution < -0.4 is 0 Å². The predicted octanol–water partition coefficient (Wildman–Crippen LogP) is 3.31. The van der Waals surface area contributed by atoms with E-state index in [9.17, 15) is 0 Å². The van der Waals surface area contributed by atoms with E-state index in [2.05, 4.69) is 18.9 Å². The van der Waals surface area contributed by atoms with E-state index in [1.54, 1.807) is 0 Å². The SMILES string of the molecule is CC.CCCCCOC1CCN(C)CC1. The van der Waals surface area contributed by atoms with Crippen LogP contribution in [0, 0.1) is 0 Å². The molecular formula is C13H29NO. The summed E-state index contributed by atoms with van der Waals surface area (Å²) >= 11 is 0. The van der Waals surface area contributed by atoms with Crippen molar-refractivity contribution < 1.29 is 4.74 Å². The molecule has 0 aliphatic carbocycles. The van der Waals surface area contributed by atoms with Crippen LogP contribution in [-0.2, 0) is 4.74 Å². The third-order valence-electron chi connectivity index (χ3n) is 2.77. The number of likely N-dealkylation sites (tertiary alicyclic amines) is 1. The summed E-state index contributed by atoms with van der Waals surface area (Å²) in [6.07, 6.45) is 6.84. The van der Waals surface area contributed by atoms with Crippen LogP contribution in [0.4, 0.5) is 0 Å². The Hall–Kier alpha value is -0.0800. The molecule has 0 aromatic heterocycles. The first kappa shape index (κ1) is 14.9. The van der Waals surface area contributed by atoms with Gasteiger partial charge in [0.2, 0.25) is 0 Å². The number of nitrogens with zero attached hydrogens (tertiary/aromatic N) is 1. The van der Waals surface area contributed by atoms with Crippen LogP contribution in [0.3, 0.4) is 0 Å². The Labute approximate surface area is 96.0 Å². The highest BCUT2D eigenvalue weighted by molar-refractivity contribution is 4.69. The van der Waals surface area contributed by atoms with Gasteiger partial charge >= 0.3 is 0 Å². The largest absolute Gasteiger partial charge is 0.378 e. The lowest BCUT2D eigenvalue weighted by molar-refractivity contribution is 0.0109. The second-order valence-corrected chi connectivity index (χ2v) is 4.08. The highest BCUT2D eigenvalue weighted by atomic mass is 16.5. The highest BCUT2D eigenvalue weighted by Gasteiger charge is 2.16. The summed E-state index contributed by atoms with van der Waals surface area (Å²) in [6.45, 7) is 9.62. The van der Waals surface area contributed by atoms with Crippen LogP contribution >= 0.6 is 0 Å². The average molecular weight is 215 g/mol. The lowest BCUT2D eigenvalue weighted by Crippen LogP contribution is -2.34. The van der Waals surface area contributed by atoms with E-state index in [1.165, 1.54) is 45.2 Å². The molecule has 1 heterocycles. The van der Waals surface area contributed by atoms with Crippen molar-refractivity contribution in [1.29, 1.82) is 0 Å². The molecule has 1 saturated heterocycles.